The van der Waals surface area contributed by atoms with E-state index in [9.17, 15) is 9.90 Å². The van der Waals surface area contributed by atoms with Gasteiger partial charge in [-0.2, -0.15) is 0 Å². The number of nitrogens with zero attached hydrogens (tertiary/aromatic N) is 1. The van der Waals surface area contributed by atoms with E-state index in [4.69, 9.17) is 9.47 Å². The summed E-state index contributed by atoms with van der Waals surface area (Å²) in [4.78, 5) is 13.9. The van der Waals surface area contributed by atoms with Gasteiger partial charge < -0.3 is 24.8 Å². The van der Waals surface area contributed by atoms with Gasteiger partial charge in [-0.1, -0.05) is 0 Å². The van der Waals surface area contributed by atoms with E-state index in [0.29, 0.717) is 24.6 Å². The molecule has 116 valence electrons. The number of hydrogen-bond donors (Lipinski definition) is 3. The number of thiol groups is 1. The number of benzene rings is 1. The van der Waals surface area contributed by atoms with Crippen molar-refractivity contribution < 1.29 is 19.4 Å². The molecule has 0 aromatic heterocycles. The van der Waals surface area contributed by atoms with Crippen molar-refractivity contribution in [3.05, 3.63) is 17.7 Å². The first-order valence-corrected chi connectivity index (χ1v) is 7.24. The Labute approximate surface area is 129 Å². The molecule has 1 heterocycles. The van der Waals surface area contributed by atoms with Crippen LogP contribution in [0.15, 0.2) is 12.1 Å². The SMILES string of the molecule is COc1cc(O)c2c(c1)N(CCOC(C)C)C(S)NC2=O. The van der Waals surface area contributed by atoms with Crippen molar-refractivity contribution in [3.8, 4) is 11.5 Å². The van der Waals surface area contributed by atoms with E-state index >= 15 is 0 Å². The van der Waals surface area contributed by atoms with Crippen LogP contribution < -0.4 is 15.0 Å². The van der Waals surface area contributed by atoms with E-state index in [2.05, 4.69) is 17.9 Å². The summed E-state index contributed by atoms with van der Waals surface area (Å²) >= 11 is 4.38. The molecule has 1 aliphatic heterocycles. The van der Waals surface area contributed by atoms with Crippen molar-refractivity contribution in [2.75, 3.05) is 25.2 Å². The molecule has 1 unspecified atom stereocenters. The van der Waals surface area contributed by atoms with Crippen molar-refractivity contribution in [2.24, 2.45) is 0 Å². The van der Waals surface area contributed by atoms with Crippen LogP contribution >= 0.6 is 12.6 Å². The van der Waals surface area contributed by atoms with Crippen LogP contribution in [0, 0.1) is 0 Å². The van der Waals surface area contributed by atoms with Gasteiger partial charge in [0.05, 0.1) is 25.5 Å². The number of hydrogen-bond acceptors (Lipinski definition) is 6. The molecule has 1 aromatic carbocycles. The zero-order valence-corrected chi connectivity index (χ0v) is 13.2. The number of aromatic hydroxyl groups is 1. The number of phenols is 1. The van der Waals surface area contributed by atoms with Crippen molar-refractivity contribution in [3.63, 3.8) is 0 Å². The number of ether oxygens (including phenoxy) is 2. The number of carbonyl (C=O) groups excluding carboxylic acids is 1. The molecule has 2 N–H and O–H groups in total. The van der Waals surface area contributed by atoms with Crippen LogP contribution in [0.3, 0.4) is 0 Å². The van der Waals surface area contributed by atoms with Gasteiger partial charge in [-0.05, 0) is 13.8 Å². The van der Waals surface area contributed by atoms with Gasteiger partial charge in [-0.25, -0.2) is 0 Å². The first kappa shape index (κ1) is 15.8. The van der Waals surface area contributed by atoms with Crippen LogP contribution in [0.4, 0.5) is 5.69 Å². The third-order valence-corrected chi connectivity index (χ3v) is 3.59. The largest absolute Gasteiger partial charge is 0.507 e. The molecule has 0 radical (unpaired) electrons. The Kier molecular flexibility index (Phi) is 4.84. The number of rotatable bonds is 5. The molecule has 1 aliphatic rings. The molecule has 21 heavy (non-hydrogen) atoms. The van der Waals surface area contributed by atoms with Crippen LogP contribution in [0.2, 0.25) is 0 Å². The number of fused-ring (bicyclic) bond motifs is 1. The summed E-state index contributed by atoms with van der Waals surface area (Å²) in [6, 6.07) is 3.13. The summed E-state index contributed by atoms with van der Waals surface area (Å²) in [5.74, 6) is 0.0132. The molecule has 0 saturated carbocycles. The maximum atomic E-state index is 12.0. The third kappa shape index (κ3) is 3.36. The standard InChI is InChI=1S/C14H20N2O4S/c1-8(2)20-5-4-16-10-6-9(19-3)7-11(17)12(10)13(18)15-14(16)21/h6-8,14,17,21H,4-5H2,1-3H3,(H,15,18). The van der Waals surface area contributed by atoms with Gasteiger partial charge in [0, 0.05) is 18.7 Å². The smallest absolute Gasteiger partial charge is 0.259 e. The third-order valence-electron chi connectivity index (χ3n) is 3.18. The Morgan fingerprint density at radius 3 is 2.81 bits per heavy atom. The fraction of sp³-hybridized carbons (Fsp3) is 0.500. The number of phenolic OH excluding ortho intramolecular Hbond substituents is 1. The molecule has 1 atom stereocenters. The van der Waals surface area contributed by atoms with Gasteiger partial charge in [0.25, 0.3) is 5.91 Å². The van der Waals surface area contributed by atoms with E-state index in [-0.39, 0.29) is 23.3 Å². The Morgan fingerprint density at radius 2 is 2.19 bits per heavy atom. The first-order chi connectivity index (χ1) is 9.93. The van der Waals surface area contributed by atoms with Gasteiger partial charge in [0.1, 0.15) is 22.6 Å². The molecular formula is C14H20N2O4S. The zero-order chi connectivity index (χ0) is 15.6. The van der Waals surface area contributed by atoms with Gasteiger partial charge in [0.2, 0.25) is 0 Å². The second-order valence-corrected chi connectivity index (χ2v) is 5.49. The van der Waals surface area contributed by atoms with E-state index in [0.717, 1.165) is 0 Å². The monoisotopic (exact) mass is 312 g/mol. The molecule has 6 nitrogen and oxygen atoms in total. The highest BCUT2D eigenvalue weighted by atomic mass is 32.1. The van der Waals surface area contributed by atoms with Gasteiger partial charge in [0.15, 0.2) is 0 Å². The molecule has 2 rings (SSSR count). The molecule has 0 spiro atoms. The topological polar surface area (TPSA) is 71.0 Å². The fourth-order valence-corrected chi connectivity index (χ4v) is 2.55. The Bertz CT molecular complexity index is 536. The second kappa shape index (κ2) is 6.44. The number of amides is 1. The minimum atomic E-state index is -0.479. The van der Waals surface area contributed by atoms with Crippen LogP contribution in [0.1, 0.15) is 24.2 Å². The van der Waals surface area contributed by atoms with E-state index in [1.807, 2.05) is 18.7 Å². The average molecular weight is 312 g/mol. The maximum absolute atomic E-state index is 12.0. The summed E-state index contributed by atoms with van der Waals surface area (Å²) in [5.41, 5.74) is 0.334. The Hall–Kier alpha value is -1.60. The highest BCUT2D eigenvalue weighted by Crippen LogP contribution is 2.37. The molecular weight excluding hydrogens is 292 g/mol. The van der Waals surface area contributed by atoms with Crippen molar-refractivity contribution in [1.82, 2.24) is 5.32 Å². The Balaban J connectivity index is 2.33. The minimum absolute atomic E-state index is 0.114. The fourth-order valence-electron chi connectivity index (χ4n) is 2.19. The normalized spacial score (nSPS) is 17.7. The number of carbonyl (C=O) groups is 1. The zero-order valence-electron chi connectivity index (χ0n) is 12.3. The summed E-state index contributed by atoms with van der Waals surface area (Å²) < 4.78 is 10.7. The van der Waals surface area contributed by atoms with Crippen LogP contribution in [0.25, 0.3) is 0 Å². The van der Waals surface area contributed by atoms with Crippen LogP contribution in [0.5, 0.6) is 11.5 Å². The number of methoxy groups -OCH3 is 1. The van der Waals surface area contributed by atoms with E-state index in [1.165, 1.54) is 13.2 Å². The number of anilines is 1. The van der Waals surface area contributed by atoms with Crippen molar-refractivity contribution in [2.45, 2.75) is 25.4 Å². The van der Waals surface area contributed by atoms with Crippen molar-refractivity contribution in [1.29, 1.82) is 0 Å². The molecule has 0 fully saturated rings. The number of nitrogens with one attached hydrogen (secondary N) is 1. The molecule has 0 saturated heterocycles. The summed E-state index contributed by atoms with van der Waals surface area (Å²) in [5, 5.41) is 12.7. The molecule has 7 heteroatoms. The average Bonchev–Trinajstić information content (AvgIpc) is 2.40. The lowest BCUT2D eigenvalue weighted by Crippen LogP contribution is -2.51. The van der Waals surface area contributed by atoms with E-state index < -0.39 is 5.50 Å². The van der Waals surface area contributed by atoms with Crippen molar-refractivity contribution >= 4 is 24.2 Å². The lowest BCUT2D eigenvalue weighted by molar-refractivity contribution is 0.0817. The lowest BCUT2D eigenvalue weighted by atomic mass is 10.1. The summed E-state index contributed by atoms with van der Waals surface area (Å²) in [6.45, 7) is 4.94. The summed E-state index contributed by atoms with van der Waals surface area (Å²) in [7, 11) is 1.51. The predicted molar refractivity (Wildman–Crippen MR) is 83.3 cm³/mol. The Morgan fingerprint density at radius 1 is 1.48 bits per heavy atom. The molecule has 0 bridgehead atoms. The molecule has 1 amide bonds. The van der Waals surface area contributed by atoms with Gasteiger partial charge >= 0.3 is 0 Å². The van der Waals surface area contributed by atoms with Gasteiger partial charge in [-0.3, -0.25) is 4.79 Å². The highest BCUT2D eigenvalue weighted by molar-refractivity contribution is 7.81. The lowest BCUT2D eigenvalue weighted by Gasteiger charge is -2.36. The summed E-state index contributed by atoms with van der Waals surface area (Å²) in [6.07, 6.45) is 0.126. The second-order valence-electron chi connectivity index (χ2n) is 5.00. The first-order valence-electron chi connectivity index (χ1n) is 6.72. The van der Waals surface area contributed by atoms with E-state index in [1.54, 1.807) is 6.07 Å². The molecule has 1 aromatic rings. The van der Waals surface area contributed by atoms with Crippen LogP contribution in [-0.4, -0.2) is 42.9 Å². The highest BCUT2D eigenvalue weighted by Gasteiger charge is 2.31. The maximum Gasteiger partial charge on any atom is 0.259 e. The molecule has 0 aliphatic carbocycles. The minimum Gasteiger partial charge on any atom is -0.507 e. The van der Waals surface area contributed by atoms with Crippen LogP contribution in [-0.2, 0) is 4.74 Å². The van der Waals surface area contributed by atoms with Gasteiger partial charge in [-0.15, -0.1) is 12.6 Å². The predicted octanol–water partition coefficient (Wildman–Crippen LogP) is 1.59. The quantitative estimate of drug-likeness (QED) is 0.720.